The predicted molar refractivity (Wildman–Crippen MR) is 97.9 cm³/mol. The van der Waals surface area contributed by atoms with Gasteiger partial charge in [0.25, 0.3) is 0 Å². The van der Waals surface area contributed by atoms with E-state index >= 15 is 0 Å². The van der Waals surface area contributed by atoms with Gasteiger partial charge in [0, 0.05) is 25.4 Å². The number of terminal acetylenes is 1. The van der Waals surface area contributed by atoms with Crippen LogP contribution in [0.1, 0.15) is 18.9 Å². The molecule has 1 atom stereocenters. The van der Waals surface area contributed by atoms with Crippen molar-refractivity contribution >= 4 is 15.8 Å². The molecule has 0 aliphatic carbocycles. The Morgan fingerprint density at radius 2 is 2.00 bits per heavy atom. The number of aromatic nitrogens is 1. The fourth-order valence-electron chi connectivity index (χ4n) is 2.48. The van der Waals surface area contributed by atoms with Gasteiger partial charge < -0.3 is 4.74 Å². The van der Waals surface area contributed by atoms with Crippen molar-refractivity contribution in [2.75, 3.05) is 7.11 Å². The maximum absolute atomic E-state index is 13.2. The molecule has 1 aromatic heterocycles. The summed E-state index contributed by atoms with van der Waals surface area (Å²) in [6.45, 7) is 1.33. The molecule has 0 N–H and O–H groups in total. The molecule has 0 spiro atoms. The summed E-state index contributed by atoms with van der Waals surface area (Å²) in [5.41, 5.74) is 0.660. The number of hydrogen-bond acceptors (Lipinski definition) is 5. The highest BCUT2D eigenvalue weighted by Gasteiger charge is 2.34. The summed E-state index contributed by atoms with van der Waals surface area (Å²) in [4.78, 5) is 16.2. The van der Waals surface area contributed by atoms with Gasteiger partial charge in [-0.2, -0.15) is 4.31 Å². The Kier molecular flexibility index (Phi) is 6.50. The van der Waals surface area contributed by atoms with E-state index in [2.05, 4.69) is 10.9 Å². The van der Waals surface area contributed by atoms with Crippen LogP contribution in [0.2, 0.25) is 0 Å². The molecular weight excluding hydrogens is 352 g/mol. The first-order valence-corrected chi connectivity index (χ1v) is 9.33. The summed E-state index contributed by atoms with van der Waals surface area (Å²) in [6.07, 6.45) is 8.51. The van der Waals surface area contributed by atoms with Crippen LogP contribution in [0, 0.1) is 12.3 Å². The highest BCUT2D eigenvalue weighted by Crippen LogP contribution is 2.24. The molecule has 0 fully saturated rings. The fraction of sp³-hybridized carbons (Fsp3) is 0.263. The van der Waals surface area contributed by atoms with Crippen LogP contribution in [0.15, 0.2) is 53.7 Å². The van der Waals surface area contributed by atoms with Crippen molar-refractivity contribution in [2.45, 2.75) is 30.8 Å². The Morgan fingerprint density at radius 1 is 1.31 bits per heavy atom. The maximum Gasteiger partial charge on any atom is 0.244 e. The molecule has 0 saturated carbocycles. The Balaban J connectivity index is 2.49. The van der Waals surface area contributed by atoms with Crippen molar-refractivity contribution in [1.82, 2.24) is 9.29 Å². The van der Waals surface area contributed by atoms with E-state index in [9.17, 15) is 13.2 Å². The summed E-state index contributed by atoms with van der Waals surface area (Å²) in [7, 11) is -2.46. The molecule has 0 saturated heterocycles. The average Bonchev–Trinajstić information content (AvgIpc) is 2.65. The zero-order chi connectivity index (χ0) is 19.2. The number of sulfonamides is 1. The lowest BCUT2D eigenvalue weighted by Crippen LogP contribution is -2.43. The van der Waals surface area contributed by atoms with E-state index in [1.165, 1.54) is 26.2 Å². The molecule has 2 rings (SSSR count). The van der Waals surface area contributed by atoms with Crippen molar-refractivity contribution in [3.05, 3.63) is 54.4 Å². The molecule has 0 aliphatic heterocycles. The molecule has 0 aliphatic rings. The van der Waals surface area contributed by atoms with E-state index in [0.717, 1.165) is 4.31 Å². The fourth-order valence-corrected chi connectivity index (χ4v) is 4.11. The number of pyridine rings is 1. The van der Waals surface area contributed by atoms with Gasteiger partial charge in [0.05, 0.1) is 18.0 Å². The second kappa shape index (κ2) is 8.61. The number of nitrogens with zero attached hydrogens (tertiary/aromatic N) is 2. The number of benzene rings is 1. The zero-order valence-corrected chi connectivity index (χ0v) is 15.4. The van der Waals surface area contributed by atoms with Gasteiger partial charge in [-0.1, -0.05) is 6.07 Å². The smallest absolute Gasteiger partial charge is 0.244 e. The highest BCUT2D eigenvalue weighted by molar-refractivity contribution is 7.89. The minimum atomic E-state index is -3.96. The first kappa shape index (κ1) is 19.6. The van der Waals surface area contributed by atoms with Crippen molar-refractivity contribution in [2.24, 2.45) is 0 Å². The van der Waals surface area contributed by atoms with Crippen LogP contribution in [0.5, 0.6) is 5.75 Å². The molecule has 0 bridgehead atoms. The quantitative estimate of drug-likeness (QED) is 0.665. The van der Waals surface area contributed by atoms with Gasteiger partial charge in [0.1, 0.15) is 11.5 Å². The molecule has 7 heteroatoms. The van der Waals surface area contributed by atoms with Gasteiger partial charge in [-0.05, 0) is 42.8 Å². The monoisotopic (exact) mass is 372 g/mol. The van der Waals surface area contributed by atoms with Crippen LogP contribution >= 0.6 is 0 Å². The number of rotatable bonds is 8. The number of hydrogen-bond donors (Lipinski definition) is 0. The van der Waals surface area contributed by atoms with Crippen LogP contribution in [-0.4, -0.2) is 36.6 Å². The molecule has 2 aromatic rings. The number of ether oxygens (including phenoxy) is 1. The third-order valence-electron chi connectivity index (χ3n) is 3.86. The van der Waals surface area contributed by atoms with E-state index in [1.807, 2.05) is 0 Å². The average molecular weight is 372 g/mol. The first-order valence-electron chi connectivity index (χ1n) is 7.89. The van der Waals surface area contributed by atoms with Gasteiger partial charge >= 0.3 is 0 Å². The Labute approximate surface area is 153 Å². The topological polar surface area (TPSA) is 76.6 Å². The van der Waals surface area contributed by atoms with Crippen molar-refractivity contribution in [3.63, 3.8) is 0 Å². The molecule has 1 heterocycles. The third kappa shape index (κ3) is 4.48. The Bertz CT molecular complexity index is 887. The molecule has 1 aromatic carbocycles. The third-order valence-corrected chi connectivity index (χ3v) is 5.72. The molecule has 0 radical (unpaired) electrons. The Morgan fingerprint density at radius 3 is 2.50 bits per heavy atom. The lowest BCUT2D eigenvalue weighted by molar-refractivity contribution is -0.120. The van der Waals surface area contributed by atoms with Crippen molar-refractivity contribution < 1.29 is 17.9 Å². The SMILES string of the molecule is C#CC[C@H](C(C)=O)N(Cc1cccnc1)S(=O)(=O)c1ccc(OC)cc1. The summed E-state index contributed by atoms with van der Waals surface area (Å²) in [5.74, 6) is 2.62. The van der Waals surface area contributed by atoms with E-state index in [1.54, 1.807) is 36.7 Å². The number of methoxy groups -OCH3 is 1. The largest absolute Gasteiger partial charge is 0.497 e. The molecule has 0 unspecified atom stereocenters. The second-order valence-corrected chi connectivity index (χ2v) is 7.51. The van der Waals surface area contributed by atoms with Crippen LogP contribution in [-0.2, 0) is 21.4 Å². The second-order valence-electron chi connectivity index (χ2n) is 5.62. The van der Waals surface area contributed by atoms with Gasteiger partial charge in [-0.15, -0.1) is 12.3 Å². The summed E-state index contributed by atoms with van der Waals surface area (Å²) < 4.78 is 32.6. The van der Waals surface area contributed by atoms with Gasteiger partial charge in [-0.3, -0.25) is 9.78 Å². The minimum Gasteiger partial charge on any atom is -0.497 e. The highest BCUT2D eigenvalue weighted by atomic mass is 32.2. The number of carbonyl (C=O) groups excluding carboxylic acids is 1. The van der Waals surface area contributed by atoms with Crippen molar-refractivity contribution in [1.29, 1.82) is 0 Å². The zero-order valence-electron chi connectivity index (χ0n) is 14.6. The molecule has 6 nitrogen and oxygen atoms in total. The van der Waals surface area contributed by atoms with Crippen LogP contribution < -0.4 is 4.74 Å². The summed E-state index contributed by atoms with van der Waals surface area (Å²) in [5, 5.41) is 0. The van der Waals surface area contributed by atoms with E-state index in [4.69, 9.17) is 11.2 Å². The standard InChI is InChI=1S/C19H20N2O4S/c1-4-6-19(15(2)22)21(14-16-7-5-12-20-13-16)26(23,24)18-10-8-17(25-3)9-11-18/h1,5,7-13,19H,6,14H2,2-3H3/t19-/m1/s1. The summed E-state index contributed by atoms with van der Waals surface area (Å²) >= 11 is 0. The van der Waals surface area contributed by atoms with E-state index in [0.29, 0.717) is 11.3 Å². The minimum absolute atomic E-state index is 0.00582. The lowest BCUT2D eigenvalue weighted by atomic mass is 10.1. The van der Waals surface area contributed by atoms with Gasteiger partial charge in [-0.25, -0.2) is 8.42 Å². The van der Waals surface area contributed by atoms with Gasteiger partial charge in [0.2, 0.25) is 10.0 Å². The summed E-state index contributed by atoms with van der Waals surface area (Å²) in [6, 6.07) is 8.49. The van der Waals surface area contributed by atoms with E-state index < -0.39 is 16.1 Å². The van der Waals surface area contributed by atoms with Crippen LogP contribution in [0.3, 0.4) is 0 Å². The van der Waals surface area contributed by atoms with Crippen molar-refractivity contribution in [3.8, 4) is 18.1 Å². The maximum atomic E-state index is 13.2. The van der Waals surface area contributed by atoms with Crippen LogP contribution in [0.25, 0.3) is 0 Å². The number of ketones is 1. The first-order chi connectivity index (χ1) is 12.4. The Hall–Kier alpha value is -2.69. The molecule has 136 valence electrons. The predicted octanol–water partition coefficient (Wildman–Crippen LogP) is 2.26. The molecule has 26 heavy (non-hydrogen) atoms. The number of Topliss-reactive ketones (excluding diaryl/α,β-unsaturated/α-hetero) is 1. The normalized spacial score (nSPS) is 12.4. The molecular formula is C19H20N2O4S. The lowest BCUT2D eigenvalue weighted by Gasteiger charge is -2.28. The van der Waals surface area contributed by atoms with Gasteiger partial charge in [0.15, 0.2) is 0 Å². The van der Waals surface area contributed by atoms with E-state index in [-0.39, 0.29) is 23.6 Å². The number of carbonyl (C=O) groups is 1. The molecule has 0 amide bonds. The van der Waals surface area contributed by atoms with Crippen LogP contribution in [0.4, 0.5) is 0 Å².